The molecule has 5 heteroatoms. The molecule has 2 aromatic carbocycles. The average molecular weight is 251 g/mol. The van der Waals surface area contributed by atoms with E-state index in [1.165, 1.54) is 0 Å². The minimum absolute atomic E-state index is 0.242. The minimum Gasteiger partial charge on any atom is -0.276 e. The van der Waals surface area contributed by atoms with E-state index in [1.54, 1.807) is 24.3 Å². The fourth-order valence-corrected chi connectivity index (χ4v) is 2.92. The lowest BCUT2D eigenvalue weighted by atomic mass is 10.1. The number of sulfonamides is 1. The van der Waals surface area contributed by atoms with Gasteiger partial charge in [0.15, 0.2) is 0 Å². The van der Waals surface area contributed by atoms with E-state index in [4.69, 9.17) is 0 Å². The maximum absolute atomic E-state index is 11.8. The topological polar surface area (TPSA) is 46.2 Å². The van der Waals surface area contributed by atoms with Gasteiger partial charge in [0.1, 0.15) is 0 Å². The summed E-state index contributed by atoms with van der Waals surface area (Å²) in [5, 5.41) is 1.57. The molecular formula is C11H9NO2S2. The van der Waals surface area contributed by atoms with E-state index in [0.29, 0.717) is 5.39 Å². The predicted molar refractivity (Wildman–Crippen MR) is 67.9 cm³/mol. The summed E-state index contributed by atoms with van der Waals surface area (Å²) in [4.78, 5) is 0.242. The molecular weight excluding hydrogens is 242 g/mol. The lowest BCUT2D eigenvalue weighted by Crippen LogP contribution is -2.21. The Morgan fingerprint density at radius 2 is 1.75 bits per heavy atom. The molecule has 0 aromatic heterocycles. The van der Waals surface area contributed by atoms with Crippen LogP contribution in [0.25, 0.3) is 10.8 Å². The lowest BCUT2D eigenvalue weighted by Gasteiger charge is -2.06. The predicted octanol–water partition coefficient (Wildman–Crippen LogP) is 2.08. The Hall–Kier alpha value is -1.46. The Bertz CT molecular complexity index is 630. The molecule has 16 heavy (non-hydrogen) atoms. The summed E-state index contributed by atoms with van der Waals surface area (Å²) in [7, 11) is -3.55. The lowest BCUT2D eigenvalue weighted by molar-refractivity contribution is 0.594. The van der Waals surface area contributed by atoms with Crippen LogP contribution in [0.5, 0.6) is 0 Å². The molecule has 0 heterocycles. The molecule has 0 aliphatic rings. The zero-order valence-corrected chi connectivity index (χ0v) is 9.88. The third kappa shape index (κ3) is 1.91. The molecule has 0 atom stereocenters. The molecule has 0 unspecified atom stereocenters. The molecule has 0 saturated heterocycles. The molecule has 0 bridgehead atoms. The van der Waals surface area contributed by atoms with Gasteiger partial charge in [-0.2, -0.15) is 0 Å². The molecule has 2 aromatic rings. The highest BCUT2D eigenvalue weighted by molar-refractivity contribution is 7.91. The van der Waals surface area contributed by atoms with Crippen molar-refractivity contribution in [2.75, 3.05) is 0 Å². The van der Waals surface area contributed by atoms with Gasteiger partial charge in [0, 0.05) is 5.39 Å². The highest BCUT2D eigenvalue weighted by atomic mass is 32.2. The molecule has 0 radical (unpaired) electrons. The first-order valence-electron chi connectivity index (χ1n) is 4.59. The van der Waals surface area contributed by atoms with Gasteiger partial charge in [-0.25, -0.2) is 8.42 Å². The van der Waals surface area contributed by atoms with Crippen molar-refractivity contribution in [2.24, 2.45) is 0 Å². The van der Waals surface area contributed by atoms with Crippen molar-refractivity contribution < 1.29 is 8.42 Å². The number of benzene rings is 2. The summed E-state index contributed by atoms with van der Waals surface area (Å²) in [6.07, 6.45) is 0. The van der Waals surface area contributed by atoms with Crippen LogP contribution in [0, 0.1) is 0 Å². The van der Waals surface area contributed by atoms with E-state index in [9.17, 15) is 8.42 Å². The van der Waals surface area contributed by atoms with Gasteiger partial charge < -0.3 is 0 Å². The van der Waals surface area contributed by atoms with Gasteiger partial charge in [-0.3, -0.25) is 4.72 Å². The van der Waals surface area contributed by atoms with Crippen molar-refractivity contribution in [3.63, 3.8) is 0 Å². The van der Waals surface area contributed by atoms with Crippen molar-refractivity contribution in [1.29, 1.82) is 0 Å². The van der Waals surface area contributed by atoms with Crippen LogP contribution in [0.4, 0.5) is 0 Å². The highest BCUT2D eigenvalue weighted by Crippen LogP contribution is 2.22. The van der Waals surface area contributed by atoms with Crippen molar-refractivity contribution in [2.45, 2.75) is 4.90 Å². The third-order valence-electron chi connectivity index (χ3n) is 2.24. The first kappa shape index (κ1) is 11.0. The largest absolute Gasteiger partial charge is 0.276 e. The monoisotopic (exact) mass is 251 g/mol. The number of fused-ring (bicyclic) bond motifs is 1. The van der Waals surface area contributed by atoms with Gasteiger partial charge in [-0.1, -0.05) is 48.6 Å². The average Bonchev–Trinajstić information content (AvgIpc) is 2.28. The van der Waals surface area contributed by atoms with Crippen LogP contribution in [0.2, 0.25) is 0 Å². The van der Waals surface area contributed by atoms with Crippen molar-refractivity contribution in [3.8, 4) is 0 Å². The number of hydrogen-bond donors (Lipinski definition) is 1. The fraction of sp³-hybridized carbons (Fsp3) is 0. The second-order valence-electron chi connectivity index (χ2n) is 3.22. The molecule has 0 fully saturated rings. The summed E-state index contributed by atoms with van der Waals surface area (Å²) < 4.78 is 25.9. The maximum atomic E-state index is 11.8. The zero-order chi connectivity index (χ0) is 11.6. The smallest absolute Gasteiger partial charge is 0.262 e. The van der Waals surface area contributed by atoms with Crippen LogP contribution in [-0.4, -0.2) is 13.9 Å². The van der Waals surface area contributed by atoms with Gasteiger partial charge in [-0.15, -0.1) is 0 Å². The zero-order valence-electron chi connectivity index (χ0n) is 8.25. The van der Waals surface area contributed by atoms with Gasteiger partial charge >= 0.3 is 0 Å². The third-order valence-corrected chi connectivity index (χ3v) is 3.87. The van der Waals surface area contributed by atoms with Crippen LogP contribution >= 0.6 is 12.2 Å². The maximum Gasteiger partial charge on any atom is 0.262 e. The summed E-state index contributed by atoms with van der Waals surface area (Å²) in [5.41, 5.74) is 0.997. The van der Waals surface area contributed by atoms with Crippen molar-refractivity contribution in [1.82, 2.24) is 4.72 Å². The number of thiocarbonyl (C=S) groups is 1. The van der Waals surface area contributed by atoms with E-state index in [2.05, 4.69) is 16.9 Å². The number of rotatable bonds is 3. The molecule has 0 amide bonds. The van der Waals surface area contributed by atoms with Crippen LogP contribution in [0.15, 0.2) is 47.4 Å². The SMILES string of the molecule is O=S(=O)(NC=S)c1cccc2ccccc12. The van der Waals surface area contributed by atoms with Gasteiger partial charge in [-0.05, 0) is 11.5 Å². The Balaban J connectivity index is 2.75. The van der Waals surface area contributed by atoms with E-state index in [-0.39, 0.29) is 4.90 Å². The molecule has 82 valence electrons. The van der Waals surface area contributed by atoms with Crippen LogP contribution in [0.1, 0.15) is 0 Å². The standard InChI is InChI=1S/C11H9NO2S2/c13-16(14,12-8-15)11-7-3-5-9-4-1-2-6-10(9)11/h1-8H,(H,12,15). The van der Waals surface area contributed by atoms with Crippen LogP contribution < -0.4 is 4.72 Å². The van der Waals surface area contributed by atoms with E-state index < -0.39 is 10.0 Å². The Labute approximate surface area is 99.1 Å². The minimum atomic E-state index is -3.55. The van der Waals surface area contributed by atoms with Gasteiger partial charge in [0.05, 0.1) is 10.4 Å². The molecule has 1 N–H and O–H groups in total. The normalized spacial score (nSPS) is 11.2. The van der Waals surface area contributed by atoms with Gasteiger partial charge in [0.2, 0.25) is 0 Å². The van der Waals surface area contributed by atoms with Gasteiger partial charge in [0.25, 0.3) is 10.0 Å². The highest BCUT2D eigenvalue weighted by Gasteiger charge is 2.14. The number of hydrogen-bond acceptors (Lipinski definition) is 3. The number of nitrogens with one attached hydrogen (secondary N) is 1. The molecule has 0 saturated carbocycles. The Morgan fingerprint density at radius 3 is 2.50 bits per heavy atom. The van der Waals surface area contributed by atoms with E-state index >= 15 is 0 Å². The van der Waals surface area contributed by atoms with Crippen molar-refractivity contribution in [3.05, 3.63) is 42.5 Å². The Kier molecular flexibility index (Phi) is 2.89. The van der Waals surface area contributed by atoms with E-state index in [1.807, 2.05) is 18.2 Å². The first-order chi connectivity index (χ1) is 7.65. The quantitative estimate of drug-likeness (QED) is 0.849. The fourth-order valence-electron chi connectivity index (χ4n) is 1.56. The first-order valence-corrected chi connectivity index (χ1v) is 6.54. The summed E-state index contributed by atoms with van der Waals surface area (Å²) in [6, 6.07) is 12.4. The molecule has 3 nitrogen and oxygen atoms in total. The summed E-state index contributed by atoms with van der Waals surface area (Å²) in [5.74, 6) is 0. The second kappa shape index (κ2) is 4.19. The molecule has 0 spiro atoms. The van der Waals surface area contributed by atoms with Crippen LogP contribution in [0.3, 0.4) is 0 Å². The van der Waals surface area contributed by atoms with Crippen molar-refractivity contribution >= 4 is 38.5 Å². The van der Waals surface area contributed by atoms with Crippen LogP contribution in [-0.2, 0) is 10.0 Å². The van der Waals surface area contributed by atoms with E-state index in [0.717, 1.165) is 10.9 Å². The molecule has 0 aliphatic heterocycles. The molecule has 2 rings (SSSR count). The second-order valence-corrected chi connectivity index (χ2v) is 5.13. The Morgan fingerprint density at radius 1 is 1.06 bits per heavy atom. The summed E-state index contributed by atoms with van der Waals surface area (Å²) in [6.45, 7) is 0. The summed E-state index contributed by atoms with van der Waals surface area (Å²) >= 11 is 4.51. The molecule has 0 aliphatic carbocycles.